The lowest BCUT2D eigenvalue weighted by atomic mass is 10.1. The van der Waals surface area contributed by atoms with Crippen LogP contribution in [0.5, 0.6) is 0 Å². The Bertz CT molecular complexity index is 639. The summed E-state index contributed by atoms with van der Waals surface area (Å²) in [6, 6.07) is 2.20. The maximum atomic E-state index is 13.5. The zero-order valence-corrected chi connectivity index (χ0v) is 10.9. The molecule has 106 valence electrons. The summed E-state index contributed by atoms with van der Waals surface area (Å²) >= 11 is 0. The molecule has 6 nitrogen and oxygen atoms in total. The molecule has 2 aromatic rings. The lowest BCUT2D eigenvalue weighted by Gasteiger charge is -2.10. The van der Waals surface area contributed by atoms with Crippen LogP contribution in [0.25, 0.3) is 0 Å². The van der Waals surface area contributed by atoms with E-state index in [1.54, 1.807) is 10.9 Å². The summed E-state index contributed by atoms with van der Waals surface area (Å²) in [5.41, 5.74) is 6.89. The predicted molar refractivity (Wildman–Crippen MR) is 73.2 cm³/mol. The van der Waals surface area contributed by atoms with Crippen molar-refractivity contribution in [1.29, 1.82) is 0 Å². The molecule has 1 heterocycles. The van der Waals surface area contributed by atoms with Gasteiger partial charge in [-0.15, -0.1) is 0 Å². The number of rotatable bonds is 5. The van der Waals surface area contributed by atoms with Crippen LogP contribution in [-0.2, 0) is 6.54 Å². The van der Waals surface area contributed by atoms with Crippen LogP contribution in [-0.4, -0.2) is 27.4 Å². The quantitative estimate of drug-likeness (QED) is 0.724. The van der Waals surface area contributed by atoms with E-state index < -0.39 is 17.3 Å². The van der Waals surface area contributed by atoms with Crippen molar-refractivity contribution in [1.82, 2.24) is 9.78 Å². The highest BCUT2D eigenvalue weighted by Gasteiger charge is 2.13. The molecular weight excluding hydrogens is 263 g/mol. The van der Waals surface area contributed by atoms with Gasteiger partial charge in [0.15, 0.2) is 0 Å². The Kier molecular flexibility index (Phi) is 3.88. The molecule has 4 N–H and O–H groups in total. The lowest BCUT2D eigenvalue weighted by Crippen LogP contribution is -2.13. The summed E-state index contributed by atoms with van der Waals surface area (Å²) in [4.78, 5) is 10.8. The summed E-state index contributed by atoms with van der Waals surface area (Å²) in [6.07, 6.45) is 3.63. The zero-order valence-electron chi connectivity index (χ0n) is 10.9. The lowest BCUT2D eigenvalue weighted by molar-refractivity contribution is 0.0692. The molecule has 0 amide bonds. The molecule has 0 aliphatic rings. The van der Waals surface area contributed by atoms with Crippen LogP contribution in [0.15, 0.2) is 24.5 Å². The molecule has 20 heavy (non-hydrogen) atoms. The summed E-state index contributed by atoms with van der Waals surface area (Å²) in [6.45, 7) is 3.03. The highest BCUT2D eigenvalue weighted by molar-refractivity contribution is 5.90. The van der Waals surface area contributed by atoms with E-state index in [1.165, 1.54) is 0 Å². The van der Waals surface area contributed by atoms with Crippen LogP contribution in [0.1, 0.15) is 15.9 Å². The van der Waals surface area contributed by atoms with E-state index in [2.05, 4.69) is 10.4 Å². The van der Waals surface area contributed by atoms with Crippen LogP contribution in [0, 0.1) is 12.7 Å². The van der Waals surface area contributed by atoms with Crippen molar-refractivity contribution in [3.63, 3.8) is 0 Å². The molecule has 0 saturated carbocycles. The second kappa shape index (κ2) is 5.60. The first-order valence-electron chi connectivity index (χ1n) is 6.02. The monoisotopic (exact) mass is 278 g/mol. The fraction of sp³-hybridized carbons (Fsp3) is 0.231. The average molecular weight is 278 g/mol. The van der Waals surface area contributed by atoms with Gasteiger partial charge in [0.2, 0.25) is 0 Å². The minimum Gasteiger partial charge on any atom is -0.478 e. The van der Waals surface area contributed by atoms with Gasteiger partial charge >= 0.3 is 5.97 Å². The molecule has 2 rings (SSSR count). The maximum absolute atomic E-state index is 13.5. The Hall–Kier alpha value is -2.57. The van der Waals surface area contributed by atoms with Gasteiger partial charge in [0.25, 0.3) is 0 Å². The van der Waals surface area contributed by atoms with Crippen molar-refractivity contribution in [2.24, 2.45) is 0 Å². The number of aromatic nitrogens is 2. The topological polar surface area (TPSA) is 93.2 Å². The van der Waals surface area contributed by atoms with Crippen molar-refractivity contribution >= 4 is 17.3 Å². The molecule has 0 aliphatic carbocycles. The minimum atomic E-state index is -1.34. The Morgan fingerprint density at radius 1 is 1.55 bits per heavy atom. The molecular formula is C13H15FN4O2. The van der Waals surface area contributed by atoms with Crippen molar-refractivity contribution in [3.05, 3.63) is 41.5 Å². The van der Waals surface area contributed by atoms with Crippen molar-refractivity contribution in [2.75, 3.05) is 17.6 Å². The number of aryl methyl sites for hydroxylation is 1. The molecule has 0 atom stereocenters. The number of nitrogen functional groups attached to an aromatic ring is 1. The fourth-order valence-electron chi connectivity index (χ4n) is 1.80. The van der Waals surface area contributed by atoms with Gasteiger partial charge in [-0.25, -0.2) is 9.18 Å². The zero-order chi connectivity index (χ0) is 14.7. The van der Waals surface area contributed by atoms with E-state index in [1.807, 2.05) is 13.1 Å². The number of carboxylic acid groups (broad SMARTS) is 1. The number of hydrogen-bond acceptors (Lipinski definition) is 4. The fourth-order valence-corrected chi connectivity index (χ4v) is 1.80. The van der Waals surface area contributed by atoms with Crippen molar-refractivity contribution < 1.29 is 14.3 Å². The molecule has 0 aliphatic heterocycles. The maximum Gasteiger partial charge on any atom is 0.338 e. The normalized spacial score (nSPS) is 10.5. The number of carboxylic acids is 1. The molecule has 1 aromatic heterocycles. The Labute approximate surface area is 115 Å². The van der Waals surface area contributed by atoms with Gasteiger partial charge < -0.3 is 16.2 Å². The number of nitrogens with two attached hydrogens (primary N) is 1. The molecule has 7 heteroatoms. The number of nitrogens with one attached hydrogen (secondary N) is 1. The molecule has 0 fully saturated rings. The molecule has 0 radical (unpaired) electrons. The molecule has 0 unspecified atom stereocenters. The van der Waals surface area contributed by atoms with Gasteiger partial charge in [-0.05, 0) is 24.6 Å². The first-order chi connectivity index (χ1) is 9.47. The third kappa shape index (κ3) is 3.05. The van der Waals surface area contributed by atoms with Gasteiger partial charge in [-0.2, -0.15) is 5.10 Å². The number of hydrogen-bond donors (Lipinski definition) is 3. The second-order valence-corrected chi connectivity index (χ2v) is 4.43. The summed E-state index contributed by atoms with van der Waals surface area (Å²) < 4.78 is 15.3. The standard InChI is InChI=1S/C13H15FN4O2/c1-8-6-17-18(7-8)3-2-16-12-5-10(14)9(13(19)20)4-11(12)15/h4-7,16H,2-3,15H2,1H3,(H,19,20). The summed E-state index contributed by atoms with van der Waals surface area (Å²) in [5.74, 6) is -2.16. The van der Waals surface area contributed by atoms with E-state index in [0.29, 0.717) is 18.8 Å². The molecule has 0 spiro atoms. The van der Waals surface area contributed by atoms with Crippen LogP contribution >= 0.6 is 0 Å². The highest BCUT2D eigenvalue weighted by Crippen LogP contribution is 2.22. The van der Waals surface area contributed by atoms with E-state index in [4.69, 9.17) is 10.8 Å². The Morgan fingerprint density at radius 3 is 2.90 bits per heavy atom. The first kappa shape index (κ1) is 13.9. The third-order valence-corrected chi connectivity index (χ3v) is 2.79. The number of halogens is 1. The van der Waals surface area contributed by atoms with E-state index in [9.17, 15) is 9.18 Å². The van der Waals surface area contributed by atoms with Crippen LogP contribution in [0.3, 0.4) is 0 Å². The van der Waals surface area contributed by atoms with Crippen molar-refractivity contribution in [2.45, 2.75) is 13.5 Å². The van der Waals surface area contributed by atoms with Gasteiger partial charge in [0.1, 0.15) is 5.82 Å². The van der Waals surface area contributed by atoms with Crippen LogP contribution in [0.4, 0.5) is 15.8 Å². The number of benzene rings is 1. The summed E-state index contributed by atoms with van der Waals surface area (Å²) in [5, 5.41) is 15.9. The molecule has 0 saturated heterocycles. The minimum absolute atomic E-state index is 0.195. The SMILES string of the molecule is Cc1cnn(CCNc2cc(F)c(C(=O)O)cc2N)c1. The largest absolute Gasteiger partial charge is 0.478 e. The Balaban J connectivity index is 2.03. The van der Waals surface area contributed by atoms with Gasteiger partial charge in [-0.3, -0.25) is 4.68 Å². The first-order valence-corrected chi connectivity index (χ1v) is 6.02. The highest BCUT2D eigenvalue weighted by atomic mass is 19.1. The second-order valence-electron chi connectivity index (χ2n) is 4.43. The number of aromatic carboxylic acids is 1. The smallest absolute Gasteiger partial charge is 0.338 e. The summed E-state index contributed by atoms with van der Waals surface area (Å²) in [7, 11) is 0. The van der Waals surface area contributed by atoms with E-state index >= 15 is 0 Å². The van der Waals surface area contributed by atoms with Gasteiger partial charge in [-0.1, -0.05) is 0 Å². The van der Waals surface area contributed by atoms with Crippen molar-refractivity contribution in [3.8, 4) is 0 Å². The van der Waals surface area contributed by atoms with E-state index in [-0.39, 0.29) is 5.69 Å². The Morgan fingerprint density at radius 2 is 2.30 bits per heavy atom. The van der Waals surface area contributed by atoms with Gasteiger partial charge in [0, 0.05) is 12.7 Å². The average Bonchev–Trinajstić information content (AvgIpc) is 2.78. The van der Waals surface area contributed by atoms with Crippen LogP contribution in [0.2, 0.25) is 0 Å². The third-order valence-electron chi connectivity index (χ3n) is 2.79. The number of carbonyl (C=O) groups is 1. The predicted octanol–water partition coefficient (Wildman–Crippen LogP) is 1.72. The van der Waals surface area contributed by atoms with Crippen LogP contribution < -0.4 is 11.1 Å². The van der Waals surface area contributed by atoms with Gasteiger partial charge in [0.05, 0.1) is 29.7 Å². The van der Waals surface area contributed by atoms with E-state index in [0.717, 1.165) is 17.7 Å². The number of anilines is 2. The molecule has 1 aromatic carbocycles. The molecule has 0 bridgehead atoms. The number of nitrogens with zero attached hydrogens (tertiary/aromatic N) is 2.